The molecule has 0 aromatic carbocycles. The largest absolute Gasteiger partial charge is 0.368 e. The average Bonchev–Trinajstić information content (AvgIpc) is 3.06. The summed E-state index contributed by atoms with van der Waals surface area (Å²) in [5.74, 6) is 1.08. The number of H-pyrrole nitrogens is 1. The summed E-state index contributed by atoms with van der Waals surface area (Å²) < 4.78 is 0. The molecule has 0 saturated carbocycles. The van der Waals surface area contributed by atoms with Crippen LogP contribution in [0.5, 0.6) is 0 Å². The Kier molecular flexibility index (Phi) is 2.73. The first-order valence-electron chi connectivity index (χ1n) is 7.28. The van der Waals surface area contributed by atoms with Crippen molar-refractivity contribution in [3.8, 4) is 0 Å². The van der Waals surface area contributed by atoms with Gasteiger partial charge in [-0.2, -0.15) is 15.1 Å². The number of hydrogen-bond donors (Lipinski definition) is 3. The molecule has 7 heteroatoms. The van der Waals surface area contributed by atoms with Gasteiger partial charge in [-0.1, -0.05) is 6.42 Å². The fourth-order valence-electron chi connectivity index (χ4n) is 3.55. The molecule has 4 heterocycles. The van der Waals surface area contributed by atoms with Crippen molar-refractivity contribution >= 4 is 22.8 Å². The summed E-state index contributed by atoms with van der Waals surface area (Å²) in [7, 11) is 0. The Labute approximate surface area is 117 Å². The molecule has 2 unspecified atom stereocenters. The number of aromatic amines is 1. The highest BCUT2D eigenvalue weighted by Gasteiger charge is 2.35. The van der Waals surface area contributed by atoms with Crippen LogP contribution in [0.3, 0.4) is 0 Å². The minimum Gasteiger partial charge on any atom is -0.368 e. The van der Waals surface area contributed by atoms with Gasteiger partial charge in [0.25, 0.3) is 0 Å². The molecule has 2 aromatic rings. The van der Waals surface area contributed by atoms with Crippen molar-refractivity contribution < 1.29 is 0 Å². The highest BCUT2D eigenvalue weighted by molar-refractivity contribution is 5.86. The Morgan fingerprint density at radius 3 is 3.15 bits per heavy atom. The number of nitrogen functional groups attached to an aromatic ring is 1. The molecule has 2 fully saturated rings. The monoisotopic (exact) mass is 273 g/mol. The third kappa shape index (κ3) is 1.89. The van der Waals surface area contributed by atoms with Gasteiger partial charge in [-0.25, -0.2) is 0 Å². The third-order valence-corrected chi connectivity index (χ3v) is 4.51. The van der Waals surface area contributed by atoms with Gasteiger partial charge in [-0.05, 0) is 25.8 Å². The predicted octanol–water partition coefficient (Wildman–Crippen LogP) is 0.974. The molecule has 0 spiro atoms. The second-order valence-corrected chi connectivity index (χ2v) is 5.70. The molecule has 0 amide bonds. The van der Waals surface area contributed by atoms with E-state index in [1.165, 1.54) is 32.4 Å². The summed E-state index contributed by atoms with van der Waals surface area (Å²) in [6.07, 6.45) is 6.84. The number of anilines is 2. The van der Waals surface area contributed by atoms with Gasteiger partial charge in [-0.3, -0.25) is 10.00 Å². The van der Waals surface area contributed by atoms with Crippen LogP contribution in [0.4, 0.5) is 11.8 Å². The molecule has 2 atom stereocenters. The van der Waals surface area contributed by atoms with Gasteiger partial charge in [0.05, 0.1) is 11.6 Å². The minimum absolute atomic E-state index is 0.280. The van der Waals surface area contributed by atoms with Crippen molar-refractivity contribution in [3.05, 3.63) is 6.20 Å². The molecule has 7 nitrogen and oxygen atoms in total. The van der Waals surface area contributed by atoms with E-state index >= 15 is 0 Å². The van der Waals surface area contributed by atoms with Crippen LogP contribution in [0.2, 0.25) is 0 Å². The number of rotatable bonds is 2. The molecular formula is C13H19N7. The fraction of sp³-hybridized carbons (Fsp3) is 0.615. The molecule has 0 aliphatic carbocycles. The maximum Gasteiger partial charge on any atom is 0.224 e. The molecule has 4 N–H and O–H groups in total. The van der Waals surface area contributed by atoms with Gasteiger partial charge in [0.15, 0.2) is 5.65 Å². The van der Waals surface area contributed by atoms with Crippen LogP contribution in [-0.4, -0.2) is 50.2 Å². The first-order chi connectivity index (χ1) is 9.81. The topological polar surface area (TPSA) is 95.7 Å². The van der Waals surface area contributed by atoms with E-state index in [1.807, 2.05) is 0 Å². The Balaban J connectivity index is 1.62. The maximum atomic E-state index is 5.77. The lowest BCUT2D eigenvalue weighted by Crippen LogP contribution is -2.41. The summed E-state index contributed by atoms with van der Waals surface area (Å²) in [5, 5.41) is 11.4. The molecule has 4 rings (SSSR count). The lowest BCUT2D eigenvalue weighted by atomic mass is 9.99. The molecule has 2 saturated heterocycles. The van der Waals surface area contributed by atoms with Gasteiger partial charge >= 0.3 is 0 Å². The smallest absolute Gasteiger partial charge is 0.224 e. The lowest BCUT2D eigenvalue weighted by Gasteiger charge is -2.32. The van der Waals surface area contributed by atoms with E-state index in [0.29, 0.717) is 17.7 Å². The van der Waals surface area contributed by atoms with Crippen molar-refractivity contribution in [1.29, 1.82) is 0 Å². The van der Waals surface area contributed by atoms with E-state index in [4.69, 9.17) is 5.73 Å². The van der Waals surface area contributed by atoms with Gasteiger partial charge in [0.1, 0.15) is 5.82 Å². The van der Waals surface area contributed by atoms with E-state index in [1.54, 1.807) is 6.20 Å². The number of piperidine rings is 1. The number of fused-ring (bicyclic) bond motifs is 2. The fourth-order valence-corrected chi connectivity index (χ4v) is 3.55. The molecule has 2 aliphatic rings. The zero-order valence-electron chi connectivity index (χ0n) is 11.3. The van der Waals surface area contributed by atoms with E-state index in [2.05, 4.69) is 30.4 Å². The maximum absolute atomic E-state index is 5.77. The second-order valence-electron chi connectivity index (χ2n) is 5.70. The van der Waals surface area contributed by atoms with E-state index < -0.39 is 0 Å². The number of aromatic nitrogens is 4. The molecule has 0 radical (unpaired) electrons. The molecule has 106 valence electrons. The Bertz CT molecular complexity index is 622. The highest BCUT2D eigenvalue weighted by Crippen LogP contribution is 2.30. The summed E-state index contributed by atoms with van der Waals surface area (Å²) in [6, 6.07) is 1.07. The SMILES string of the molecule is Nc1nc(NC2CCN3CCCCC23)c2cn[nH]c2n1. The van der Waals surface area contributed by atoms with Crippen molar-refractivity contribution in [3.63, 3.8) is 0 Å². The van der Waals surface area contributed by atoms with Gasteiger partial charge in [-0.15, -0.1) is 0 Å². The minimum atomic E-state index is 0.280. The van der Waals surface area contributed by atoms with Crippen LogP contribution in [0.25, 0.3) is 11.0 Å². The number of nitrogens with two attached hydrogens (primary N) is 1. The van der Waals surface area contributed by atoms with Gasteiger partial charge in [0.2, 0.25) is 5.95 Å². The zero-order valence-corrected chi connectivity index (χ0v) is 11.3. The number of hydrogen-bond acceptors (Lipinski definition) is 6. The van der Waals surface area contributed by atoms with E-state index in [-0.39, 0.29) is 5.95 Å². The average molecular weight is 273 g/mol. The number of nitrogens with one attached hydrogen (secondary N) is 2. The summed E-state index contributed by atoms with van der Waals surface area (Å²) >= 11 is 0. The first-order valence-corrected chi connectivity index (χ1v) is 7.28. The Morgan fingerprint density at radius 2 is 2.20 bits per heavy atom. The van der Waals surface area contributed by atoms with Crippen LogP contribution in [0, 0.1) is 0 Å². The van der Waals surface area contributed by atoms with E-state index in [9.17, 15) is 0 Å². The normalized spacial score (nSPS) is 26.8. The molecule has 0 bridgehead atoms. The summed E-state index contributed by atoms with van der Waals surface area (Å²) in [6.45, 7) is 2.41. The van der Waals surface area contributed by atoms with E-state index in [0.717, 1.165) is 17.6 Å². The number of nitrogens with zero attached hydrogens (tertiary/aromatic N) is 4. The van der Waals surface area contributed by atoms with Gasteiger partial charge < -0.3 is 11.1 Å². The van der Waals surface area contributed by atoms with Crippen molar-refractivity contribution in [2.75, 3.05) is 24.1 Å². The highest BCUT2D eigenvalue weighted by atomic mass is 15.2. The second kappa shape index (κ2) is 4.59. The zero-order chi connectivity index (χ0) is 13.5. The Morgan fingerprint density at radius 1 is 1.25 bits per heavy atom. The van der Waals surface area contributed by atoms with Crippen LogP contribution in [0.15, 0.2) is 6.20 Å². The van der Waals surface area contributed by atoms with Gasteiger partial charge in [0, 0.05) is 18.6 Å². The van der Waals surface area contributed by atoms with Crippen molar-refractivity contribution in [2.24, 2.45) is 0 Å². The predicted molar refractivity (Wildman–Crippen MR) is 77.3 cm³/mol. The lowest BCUT2D eigenvalue weighted by molar-refractivity contribution is 0.192. The molecule has 2 aliphatic heterocycles. The first kappa shape index (κ1) is 11.9. The molecule has 2 aromatic heterocycles. The van der Waals surface area contributed by atoms with Crippen LogP contribution in [0.1, 0.15) is 25.7 Å². The third-order valence-electron chi connectivity index (χ3n) is 4.51. The van der Waals surface area contributed by atoms with Crippen LogP contribution in [-0.2, 0) is 0 Å². The summed E-state index contributed by atoms with van der Waals surface area (Å²) in [5.41, 5.74) is 6.46. The van der Waals surface area contributed by atoms with Crippen LogP contribution < -0.4 is 11.1 Å². The van der Waals surface area contributed by atoms with Crippen molar-refractivity contribution in [1.82, 2.24) is 25.1 Å². The standard InChI is InChI=1S/C13H19N7/c14-13-17-11(8-7-15-19-12(8)18-13)16-9-4-6-20-5-2-1-3-10(9)20/h7,9-10H,1-6H2,(H4,14,15,16,17,18,19). The molecule has 20 heavy (non-hydrogen) atoms. The molecular weight excluding hydrogens is 254 g/mol. The Hall–Kier alpha value is -1.89. The summed E-state index contributed by atoms with van der Waals surface area (Å²) in [4.78, 5) is 11.1. The van der Waals surface area contributed by atoms with Crippen LogP contribution >= 0.6 is 0 Å². The van der Waals surface area contributed by atoms with Crippen molar-refractivity contribution in [2.45, 2.75) is 37.8 Å². The quantitative estimate of drug-likeness (QED) is 0.754.